The van der Waals surface area contributed by atoms with Crippen molar-refractivity contribution in [2.75, 3.05) is 13.2 Å². The molecule has 0 aromatic carbocycles. The Morgan fingerprint density at radius 1 is 1.53 bits per heavy atom. The van der Waals surface area contributed by atoms with Crippen LogP contribution in [0.15, 0.2) is 9.66 Å². The van der Waals surface area contributed by atoms with Crippen molar-refractivity contribution in [3.8, 4) is 0 Å². The molecule has 0 spiro atoms. The first-order chi connectivity index (χ1) is 6.93. The fourth-order valence-corrected chi connectivity index (χ4v) is 2.28. The maximum atomic E-state index is 9.98. The molecule has 3 nitrogen and oxygen atoms in total. The highest BCUT2D eigenvalue weighted by Gasteiger charge is 2.34. The molecule has 88 valence electrons. The first-order valence-electron chi connectivity index (χ1n) is 5.23. The molecule has 1 aliphatic rings. The molecule has 0 aromatic heterocycles. The molecule has 1 N–H and O–H groups in total. The zero-order valence-electron chi connectivity index (χ0n) is 9.50. The van der Waals surface area contributed by atoms with E-state index in [9.17, 15) is 5.11 Å². The second-order valence-corrected chi connectivity index (χ2v) is 5.92. The average Bonchev–Trinajstić information content (AvgIpc) is 2.50. The van der Waals surface area contributed by atoms with E-state index in [0.29, 0.717) is 19.6 Å². The molecule has 1 aliphatic heterocycles. The smallest absolute Gasteiger partial charge is 0.168 e. The summed E-state index contributed by atoms with van der Waals surface area (Å²) in [5.41, 5.74) is 0. The summed E-state index contributed by atoms with van der Waals surface area (Å²) in [7, 11) is 0. The van der Waals surface area contributed by atoms with Gasteiger partial charge in [0.1, 0.15) is 0 Å². The Balaban J connectivity index is 2.47. The van der Waals surface area contributed by atoms with Gasteiger partial charge in [-0.05, 0) is 40.0 Å². The molecule has 4 heteroatoms. The second kappa shape index (κ2) is 5.61. The van der Waals surface area contributed by atoms with Gasteiger partial charge in [-0.1, -0.05) is 13.0 Å². The van der Waals surface area contributed by atoms with Crippen molar-refractivity contribution >= 4 is 22.6 Å². The summed E-state index contributed by atoms with van der Waals surface area (Å²) in [5.74, 6) is -0.465. The van der Waals surface area contributed by atoms with E-state index >= 15 is 0 Å². The third-order valence-corrected chi connectivity index (χ3v) is 2.94. The predicted molar refractivity (Wildman–Crippen MR) is 67.9 cm³/mol. The van der Waals surface area contributed by atoms with E-state index in [0.717, 1.165) is 0 Å². The number of aliphatic hydroxyl groups is 1. The Bertz CT molecular complexity index is 230. The molecule has 2 atom stereocenters. The van der Waals surface area contributed by atoms with Gasteiger partial charge in [-0.25, -0.2) is 0 Å². The van der Waals surface area contributed by atoms with Crippen LogP contribution in [0.5, 0.6) is 0 Å². The van der Waals surface area contributed by atoms with E-state index in [1.54, 1.807) is 0 Å². The maximum absolute atomic E-state index is 9.98. The highest BCUT2D eigenvalue weighted by molar-refractivity contribution is 14.1. The van der Waals surface area contributed by atoms with Gasteiger partial charge in [-0.3, -0.25) is 0 Å². The van der Waals surface area contributed by atoms with Crippen molar-refractivity contribution in [3.63, 3.8) is 0 Å². The number of rotatable bonds is 4. The lowest BCUT2D eigenvalue weighted by Gasteiger charge is -2.27. The third-order valence-electron chi connectivity index (χ3n) is 2.58. The van der Waals surface area contributed by atoms with Crippen LogP contribution >= 0.6 is 22.6 Å². The molecule has 1 rings (SSSR count). The van der Waals surface area contributed by atoms with Gasteiger partial charge in [0.05, 0.1) is 19.3 Å². The molecular weight excluding hydrogens is 307 g/mol. The summed E-state index contributed by atoms with van der Waals surface area (Å²) in [6.07, 6.45) is 2.16. The lowest BCUT2D eigenvalue weighted by molar-refractivity contribution is -0.165. The van der Waals surface area contributed by atoms with Crippen molar-refractivity contribution < 1.29 is 14.6 Å². The fraction of sp³-hybridized carbons (Fsp3) is 0.818. The van der Waals surface area contributed by atoms with Gasteiger partial charge in [0, 0.05) is 12.3 Å². The first kappa shape index (κ1) is 13.4. The third kappa shape index (κ3) is 4.38. The van der Waals surface area contributed by atoms with Crippen LogP contribution in [0.25, 0.3) is 0 Å². The van der Waals surface area contributed by atoms with Crippen molar-refractivity contribution in [2.45, 2.75) is 39.1 Å². The summed E-state index contributed by atoms with van der Waals surface area (Å²) >= 11 is 2.25. The van der Waals surface area contributed by atoms with Gasteiger partial charge in [-0.15, -0.1) is 0 Å². The van der Waals surface area contributed by atoms with Gasteiger partial charge in [0.25, 0.3) is 0 Å². The molecule has 0 amide bonds. The number of ether oxygens (including phenoxy) is 2. The maximum Gasteiger partial charge on any atom is 0.168 e. The molecule has 0 aromatic rings. The van der Waals surface area contributed by atoms with Crippen LogP contribution in [0, 0.1) is 5.92 Å². The van der Waals surface area contributed by atoms with Gasteiger partial charge in [0.2, 0.25) is 0 Å². The predicted octanol–water partition coefficient (Wildman–Crippen LogP) is 2.48. The number of allylic oxidation sites excluding steroid dienone is 1. The summed E-state index contributed by atoms with van der Waals surface area (Å²) in [6.45, 7) is 7.16. The van der Waals surface area contributed by atoms with Crippen molar-refractivity contribution in [2.24, 2.45) is 5.92 Å². The van der Waals surface area contributed by atoms with E-state index in [1.807, 2.05) is 20.8 Å². The summed E-state index contributed by atoms with van der Waals surface area (Å²) < 4.78 is 12.1. The second-order valence-electron chi connectivity index (χ2n) is 4.21. The minimum Gasteiger partial charge on any atom is -0.392 e. The van der Waals surface area contributed by atoms with E-state index in [-0.39, 0.29) is 5.92 Å². The Morgan fingerprint density at radius 3 is 2.53 bits per heavy atom. The number of hydrogen-bond acceptors (Lipinski definition) is 3. The monoisotopic (exact) mass is 326 g/mol. The van der Waals surface area contributed by atoms with Crippen molar-refractivity contribution in [3.05, 3.63) is 9.66 Å². The van der Waals surface area contributed by atoms with Crippen LogP contribution in [-0.2, 0) is 9.47 Å². The van der Waals surface area contributed by atoms with Gasteiger partial charge < -0.3 is 14.6 Å². The van der Waals surface area contributed by atoms with Gasteiger partial charge in [-0.2, -0.15) is 0 Å². The van der Waals surface area contributed by atoms with E-state index < -0.39 is 11.9 Å². The van der Waals surface area contributed by atoms with E-state index in [1.165, 1.54) is 3.58 Å². The Kier molecular flexibility index (Phi) is 5.02. The molecule has 1 saturated heterocycles. The summed E-state index contributed by atoms with van der Waals surface area (Å²) in [5, 5.41) is 9.98. The Labute approximate surface area is 105 Å². The molecule has 0 bridgehead atoms. The van der Waals surface area contributed by atoms with Crippen LogP contribution in [0.4, 0.5) is 0 Å². The number of hydrogen-bond donors (Lipinski definition) is 1. The highest BCUT2D eigenvalue weighted by atomic mass is 127. The standard InChI is InChI=1S/C11H19IO3/c1-8(6-9(2)12)10(13)7-11(3)14-4-5-15-11/h6,8,10,13H,4-5,7H2,1-3H3/b9-6-/t8-,10+/m1/s1. The topological polar surface area (TPSA) is 38.7 Å². The van der Waals surface area contributed by atoms with E-state index in [4.69, 9.17) is 9.47 Å². The Hall–Kier alpha value is 0.350. The molecule has 0 radical (unpaired) electrons. The zero-order valence-corrected chi connectivity index (χ0v) is 11.7. The Morgan fingerprint density at radius 2 is 2.07 bits per heavy atom. The van der Waals surface area contributed by atoms with Crippen LogP contribution in [0.2, 0.25) is 0 Å². The zero-order chi connectivity index (χ0) is 11.5. The fourth-order valence-electron chi connectivity index (χ4n) is 1.71. The molecule has 1 fully saturated rings. The highest BCUT2D eigenvalue weighted by Crippen LogP contribution is 2.27. The molecule has 0 unspecified atom stereocenters. The largest absolute Gasteiger partial charge is 0.392 e. The van der Waals surface area contributed by atoms with Crippen LogP contribution in [0.3, 0.4) is 0 Å². The minimum absolute atomic E-state index is 0.131. The van der Waals surface area contributed by atoms with Crippen molar-refractivity contribution in [1.82, 2.24) is 0 Å². The number of halogens is 1. The van der Waals surface area contributed by atoms with E-state index in [2.05, 4.69) is 28.7 Å². The summed E-state index contributed by atoms with van der Waals surface area (Å²) in [6, 6.07) is 0. The lowest BCUT2D eigenvalue weighted by Crippen LogP contribution is -2.33. The molecule has 15 heavy (non-hydrogen) atoms. The summed E-state index contributed by atoms with van der Waals surface area (Å²) in [4.78, 5) is 0. The van der Waals surface area contributed by atoms with Crippen molar-refractivity contribution in [1.29, 1.82) is 0 Å². The normalized spacial score (nSPS) is 25.3. The molecule has 0 aliphatic carbocycles. The van der Waals surface area contributed by atoms with Crippen LogP contribution in [-0.4, -0.2) is 30.2 Å². The van der Waals surface area contributed by atoms with Gasteiger partial charge >= 0.3 is 0 Å². The quantitative estimate of drug-likeness (QED) is 0.807. The minimum atomic E-state index is -0.597. The average molecular weight is 326 g/mol. The molecule has 1 heterocycles. The SMILES string of the molecule is C/C(I)=C/[C@@H](C)[C@@H](O)CC1(C)OCCO1. The first-order valence-corrected chi connectivity index (χ1v) is 6.31. The van der Waals surface area contributed by atoms with Crippen LogP contribution in [0.1, 0.15) is 27.2 Å². The van der Waals surface area contributed by atoms with Crippen LogP contribution < -0.4 is 0 Å². The number of aliphatic hydroxyl groups excluding tert-OH is 1. The molecular formula is C11H19IO3. The lowest BCUT2D eigenvalue weighted by atomic mass is 9.97. The van der Waals surface area contributed by atoms with Gasteiger partial charge in [0.15, 0.2) is 5.79 Å². The molecule has 0 saturated carbocycles.